The van der Waals surface area contributed by atoms with Crippen molar-refractivity contribution >= 4 is 5.69 Å². The van der Waals surface area contributed by atoms with Crippen LogP contribution in [0.25, 0.3) is 0 Å². The lowest BCUT2D eigenvalue weighted by molar-refractivity contribution is 0.352. The Balaban J connectivity index is 3.12. The molecular formula is C12H10FN3O2. The molecule has 6 heteroatoms. The van der Waals surface area contributed by atoms with Crippen molar-refractivity contribution in [3.63, 3.8) is 0 Å². The van der Waals surface area contributed by atoms with Crippen LogP contribution in [-0.2, 0) is 0 Å². The molecule has 0 bridgehead atoms. The first-order valence-corrected chi connectivity index (χ1v) is 4.85. The van der Waals surface area contributed by atoms with Crippen LogP contribution >= 0.6 is 0 Å². The second kappa shape index (κ2) is 6.12. The molecule has 0 radical (unpaired) electrons. The molecule has 0 aliphatic heterocycles. The van der Waals surface area contributed by atoms with Gasteiger partial charge in [0, 0.05) is 6.20 Å². The number of ether oxygens (including phenoxy) is 2. The fourth-order valence-corrected chi connectivity index (χ4v) is 1.25. The Morgan fingerprint density at radius 3 is 2.44 bits per heavy atom. The van der Waals surface area contributed by atoms with E-state index in [1.165, 1.54) is 32.6 Å². The Kier molecular flexibility index (Phi) is 4.53. The van der Waals surface area contributed by atoms with E-state index in [0.29, 0.717) is 5.69 Å². The van der Waals surface area contributed by atoms with Gasteiger partial charge in [0.05, 0.1) is 19.9 Å². The second-order valence-corrected chi connectivity index (χ2v) is 3.09. The summed E-state index contributed by atoms with van der Waals surface area (Å²) in [7, 11) is 2.65. The van der Waals surface area contributed by atoms with Crippen LogP contribution in [0, 0.1) is 28.5 Å². The van der Waals surface area contributed by atoms with Crippen molar-refractivity contribution < 1.29 is 13.9 Å². The second-order valence-electron chi connectivity index (χ2n) is 3.09. The van der Waals surface area contributed by atoms with Crippen molar-refractivity contribution in [3.05, 3.63) is 29.7 Å². The highest BCUT2D eigenvalue weighted by atomic mass is 19.1. The third kappa shape index (κ3) is 2.69. The molecule has 1 N–H and O–H groups in total. The molecule has 0 fully saturated rings. The van der Waals surface area contributed by atoms with Crippen molar-refractivity contribution in [2.24, 2.45) is 0 Å². The fourth-order valence-electron chi connectivity index (χ4n) is 1.25. The number of hydrogen-bond acceptors (Lipinski definition) is 5. The zero-order chi connectivity index (χ0) is 13.5. The van der Waals surface area contributed by atoms with Gasteiger partial charge in [0.15, 0.2) is 11.5 Å². The summed E-state index contributed by atoms with van der Waals surface area (Å²) in [5, 5.41) is 19.8. The summed E-state index contributed by atoms with van der Waals surface area (Å²) >= 11 is 0. The average molecular weight is 247 g/mol. The van der Waals surface area contributed by atoms with E-state index >= 15 is 0 Å². The van der Waals surface area contributed by atoms with E-state index in [-0.39, 0.29) is 17.1 Å². The van der Waals surface area contributed by atoms with Crippen LogP contribution in [-0.4, -0.2) is 14.2 Å². The molecule has 0 saturated heterocycles. The summed E-state index contributed by atoms with van der Waals surface area (Å²) in [6.45, 7) is 0. The summed E-state index contributed by atoms with van der Waals surface area (Å²) < 4.78 is 23.5. The number of anilines is 1. The highest BCUT2D eigenvalue weighted by Crippen LogP contribution is 2.33. The molecule has 5 nitrogen and oxygen atoms in total. The number of halogens is 1. The van der Waals surface area contributed by atoms with Crippen LogP contribution in [0.2, 0.25) is 0 Å². The minimum Gasteiger partial charge on any atom is -0.494 e. The average Bonchev–Trinajstić information content (AvgIpc) is 2.40. The highest BCUT2D eigenvalue weighted by molar-refractivity contribution is 5.62. The number of methoxy groups -OCH3 is 2. The van der Waals surface area contributed by atoms with Crippen LogP contribution < -0.4 is 14.8 Å². The monoisotopic (exact) mass is 247 g/mol. The van der Waals surface area contributed by atoms with E-state index in [2.05, 4.69) is 5.32 Å². The van der Waals surface area contributed by atoms with E-state index in [9.17, 15) is 4.39 Å². The summed E-state index contributed by atoms with van der Waals surface area (Å²) in [6, 6.07) is 6.28. The third-order valence-corrected chi connectivity index (χ3v) is 2.10. The molecule has 0 saturated carbocycles. The van der Waals surface area contributed by atoms with Gasteiger partial charge in [-0.3, -0.25) is 0 Å². The molecular weight excluding hydrogens is 237 g/mol. The molecule has 0 aliphatic rings. The zero-order valence-corrected chi connectivity index (χ0v) is 9.82. The van der Waals surface area contributed by atoms with Gasteiger partial charge < -0.3 is 14.8 Å². The Morgan fingerprint density at radius 1 is 1.28 bits per heavy atom. The Labute approximate surface area is 104 Å². The maximum Gasteiger partial charge on any atom is 0.208 e. The van der Waals surface area contributed by atoms with Gasteiger partial charge in [-0.2, -0.15) is 14.9 Å². The Bertz CT molecular complexity index is 540. The minimum absolute atomic E-state index is 0.0437. The molecule has 0 amide bonds. The Hall–Kier alpha value is -2.73. The normalized spacial score (nSPS) is 8.72. The van der Waals surface area contributed by atoms with Crippen molar-refractivity contribution in [1.29, 1.82) is 10.5 Å². The van der Waals surface area contributed by atoms with E-state index in [1.54, 1.807) is 12.1 Å². The first kappa shape index (κ1) is 13.3. The quantitative estimate of drug-likeness (QED) is 0.825. The van der Waals surface area contributed by atoms with Crippen molar-refractivity contribution in [1.82, 2.24) is 0 Å². The van der Waals surface area contributed by atoms with Gasteiger partial charge in [0.2, 0.25) is 5.82 Å². The maximum absolute atomic E-state index is 13.8. The number of benzene rings is 1. The molecule has 0 atom stereocenters. The first-order chi connectivity index (χ1) is 8.67. The molecule has 1 aromatic carbocycles. The van der Waals surface area contributed by atoms with Crippen LogP contribution in [0.1, 0.15) is 0 Å². The molecule has 92 valence electrons. The van der Waals surface area contributed by atoms with Crippen LogP contribution in [0.3, 0.4) is 0 Å². The lowest BCUT2D eigenvalue weighted by Gasteiger charge is -2.11. The summed E-state index contributed by atoms with van der Waals surface area (Å²) in [4.78, 5) is 0. The number of nitrogens with zero attached hydrogens (tertiary/aromatic N) is 2. The predicted octanol–water partition coefficient (Wildman–Crippen LogP) is 2.19. The van der Waals surface area contributed by atoms with E-state index in [1.807, 2.05) is 0 Å². The van der Waals surface area contributed by atoms with Gasteiger partial charge in [0.25, 0.3) is 0 Å². The van der Waals surface area contributed by atoms with Gasteiger partial charge in [-0.1, -0.05) is 0 Å². The van der Waals surface area contributed by atoms with Crippen LogP contribution in [0.4, 0.5) is 10.1 Å². The van der Waals surface area contributed by atoms with Gasteiger partial charge in [-0.15, -0.1) is 0 Å². The molecule has 0 aromatic heterocycles. The highest BCUT2D eigenvalue weighted by Gasteiger charge is 2.14. The Morgan fingerprint density at radius 2 is 1.94 bits per heavy atom. The predicted molar refractivity (Wildman–Crippen MR) is 62.4 cm³/mol. The number of nitriles is 2. The van der Waals surface area contributed by atoms with Gasteiger partial charge >= 0.3 is 0 Å². The van der Waals surface area contributed by atoms with Crippen molar-refractivity contribution in [2.75, 3.05) is 19.5 Å². The number of rotatable bonds is 4. The maximum atomic E-state index is 13.8. The molecule has 0 spiro atoms. The molecule has 1 aromatic rings. The fraction of sp³-hybridized carbons (Fsp3) is 0.167. The van der Waals surface area contributed by atoms with E-state index in [0.717, 1.165) is 0 Å². The largest absolute Gasteiger partial charge is 0.494 e. The topological polar surface area (TPSA) is 78.1 Å². The molecule has 0 heterocycles. The van der Waals surface area contributed by atoms with Crippen molar-refractivity contribution in [3.8, 4) is 23.6 Å². The molecule has 1 rings (SSSR count). The third-order valence-electron chi connectivity index (χ3n) is 2.10. The number of nitrogens with one attached hydrogen (secondary N) is 1. The van der Waals surface area contributed by atoms with Crippen LogP contribution in [0.5, 0.6) is 11.5 Å². The SMILES string of the molecule is COc1ccc(NC=C(C#N)C#N)c(OC)c1F. The van der Waals surface area contributed by atoms with Gasteiger partial charge in [-0.25, -0.2) is 0 Å². The van der Waals surface area contributed by atoms with Gasteiger partial charge in [-0.05, 0) is 12.1 Å². The minimum atomic E-state index is -0.658. The van der Waals surface area contributed by atoms with E-state index < -0.39 is 5.82 Å². The smallest absolute Gasteiger partial charge is 0.208 e. The number of allylic oxidation sites excluding steroid dienone is 1. The number of hydrogen-bond donors (Lipinski definition) is 1. The lowest BCUT2D eigenvalue weighted by atomic mass is 10.2. The van der Waals surface area contributed by atoms with Crippen LogP contribution in [0.15, 0.2) is 23.9 Å². The zero-order valence-electron chi connectivity index (χ0n) is 9.82. The molecule has 0 unspecified atom stereocenters. The summed E-state index contributed by atoms with van der Waals surface area (Å²) in [5.74, 6) is -0.670. The standard InChI is InChI=1S/C12H10FN3O2/c1-17-10-4-3-9(12(18-2)11(10)13)16-7-8(5-14)6-15/h3-4,7,16H,1-2H3. The summed E-state index contributed by atoms with van der Waals surface area (Å²) in [6.07, 6.45) is 1.17. The lowest BCUT2D eigenvalue weighted by Crippen LogP contribution is -1.99. The molecule has 0 aliphatic carbocycles. The van der Waals surface area contributed by atoms with Crippen molar-refractivity contribution in [2.45, 2.75) is 0 Å². The summed E-state index contributed by atoms with van der Waals surface area (Å²) in [5.41, 5.74) is 0.159. The first-order valence-electron chi connectivity index (χ1n) is 4.85. The van der Waals surface area contributed by atoms with E-state index in [4.69, 9.17) is 20.0 Å². The molecule has 18 heavy (non-hydrogen) atoms. The van der Waals surface area contributed by atoms with Gasteiger partial charge in [0.1, 0.15) is 17.7 Å².